The zero-order chi connectivity index (χ0) is 37.1. The fourth-order valence-corrected chi connectivity index (χ4v) is 7.41. The van der Waals surface area contributed by atoms with E-state index in [0.717, 1.165) is 89.3 Å². The Balaban J connectivity index is 1.42. The lowest BCUT2D eigenvalue weighted by atomic mass is 9.68. The molecule has 0 N–H and O–H groups in total. The van der Waals surface area contributed by atoms with Crippen molar-refractivity contribution in [3.05, 3.63) is 107 Å². The molecule has 2 unspecified atom stereocenters. The smallest absolute Gasteiger partial charge is 0.123 e. The van der Waals surface area contributed by atoms with Gasteiger partial charge in [0.1, 0.15) is 11.5 Å². The lowest BCUT2D eigenvalue weighted by Crippen LogP contribution is -2.28. The molecular weight excluding hydrogens is 625 g/mol. The molecule has 0 saturated heterocycles. The van der Waals surface area contributed by atoms with Crippen molar-refractivity contribution in [2.45, 2.75) is 131 Å². The first kappa shape index (κ1) is 40.7. The van der Waals surface area contributed by atoms with E-state index in [-0.39, 0.29) is 21.7 Å². The minimum absolute atomic E-state index is 0.0974. The van der Waals surface area contributed by atoms with Crippen molar-refractivity contribution in [3.63, 3.8) is 0 Å². The van der Waals surface area contributed by atoms with Gasteiger partial charge in [0.05, 0.1) is 13.2 Å². The largest absolute Gasteiger partial charge is 0.493 e. The molecule has 2 aliphatic carbocycles. The molecule has 3 heteroatoms. The third-order valence-corrected chi connectivity index (χ3v) is 10.8. The monoisotopic (exact) mass is 695 g/mol. The van der Waals surface area contributed by atoms with Gasteiger partial charge in [0.25, 0.3) is 0 Å². The summed E-state index contributed by atoms with van der Waals surface area (Å²) in [6.45, 7) is 25.9. The van der Waals surface area contributed by atoms with Crippen molar-refractivity contribution < 1.29 is 14.2 Å². The first-order valence-electron chi connectivity index (χ1n) is 20.0. The van der Waals surface area contributed by atoms with Gasteiger partial charge in [-0.2, -0.15) is 0 Å². The molecule has 0 bridgehead atoms. The average Bonchev–Trinajstić information content (AvgIpc) is 3.07. The van der Waals surface area contributed by atoms with Gasteiger partial charge in [-0.1, -0.05) is 142 Å². The van der Waals surface area contributed by atoms with Gasteiger partial charge < -0.3 is 14.2 Å². The van der Waals surface area contributed by atoms with Gasteiger partial charge in [-0.25, -0.2) is 0 Å². The van der Waals surface area contributed by atoms with Crippen molar-refractivity contribution in [1.29, 1.82) is 0 Å². The second-order valence-corrected chi connectivity index (χ2v) is 18.1. The highest BCUT2D eigenvalue weighted by Crippen LogP contribution is 2.46. The highest BCUT2D eigenvalue weighted by Gasteiger charge is 2.36. The predicted molar refractivity (Wildman–Crippen MR) is 218 cm³/mol. The number of rotatable bonds is 18. The Hall–Kier alpha value is -3.04. The molecule has 2 aromatic rings. The molecule has 0 aromatic heterocycles. The molecule has 0 radical (unpaired) electrons. The molecule has 0 spiro atoms. The van der Waals surface area contributed by atoms with Crippen LogP contribution in [0.2, 0.25) is 0 Å². The van der Waals surface area contributed by atoms with Gasteiger partial charge in [0.15, 0.2) is 0 Å². The Morgan fingerprint density at radius 1 is 0.569 bits per heavy atom. The highest BCUT2D eigenvalue weighted by molar-refractivity contribution is 5.48. The van der Waals surface area contributed by atoms with Crippen LogP contribution in [-0.2, 0) is 15.6 Å². The molecule has 0 fully saturated rings. The summed E-state index contributed by atoms with van der Waals surface area (Å²) < 4.78 is 19.3. The van der Waals surface area contributed by atoms with E-state index < -0.39 is 0 Å². The average molecular weight is 695 g/mol. The van der Waals surface area contributed by atoms with E-state index in [1.165, 1.54) is 22.3 Å². The minimum atomic E-state index is -0.0974. The number of ether oxygens (including phenoxy) is 3. The zero-order valence-corrected chi connectivity index (χ0v) is 33.9. The first-order chi connectivity index (χ1) is 24.2. The van der Waals surface area contributed by atoms with Gasteiger partial charge in [0.2, 0.25) is 0 Å². The molecule has 0 amide bonds. The number of hydrogen-bond acceptors (Lipinski definition) is 3. The van der Waals surface area contributed by atoms with E-state index >= 15 is 0 Å². The molecule has 2 aliphatic rings. The van der Waals surface area contributed by atoms with Crippen molar-refractivity contribution in [1.82, 2.24) is 0 Å². The summed E-state index contributed by atoms with van der Waals surface area (Å²) in [5, 5.41) is 0. The summed E-state index contributed by atoms with van der Waals surface area (Å²) in [7, 11) is 0. The number of hydrogen-bond donors (Lipinski definition) is 0. The van der Waals surface area contributed by atoms with E-state index in [2.05, 4.69) is 154 Å². The Morgan fingerprint density at radius 2 is 0.961 bits per heavy atom. The van der Waals surface area contributed by atoms with Gasteiger partial charge >= 0.3 is 0 Å². The van der Waals surface area contributed by atoms with Crippen LogP contribution in [0.15, 0.2) is 96.1 Å². The quantitative estimate of drug-likeness (QED) is 0.145. The Morgan fingerprint density at radius 3 is 1.29 bits per heavy atom. The predicted octanol–water partition coefficient (Wildman–Crippen LogP) is 13.2. The van der Waals surface area contributed by atoms with Crippen LogP contribution < -0.4 is 9.47 Å². The summed E-state index contributed by atoms with van der Waals surface area (Å²) in [4.78, 5) is 0. The summed E-state index contributed by atoms with van der Waals surface area (Å²) in [6.07, 6.45) is 22.7. The molecule has 280 valence electrons. The van der Waals surface area contributed by atoms with Crippen LogP contribution in [0.3, 0.4) is 0 Å². The van der Waals surface area contributed by atoms with Crippen molar-refractivity contribution in [3.8, 4) is 11.5 Å². The topological polar surface area (TPSA) is 27.7 Å². The Labute approximate surface area is 312 Å². The van der Waals surface area contributed by atoms with E-state index in [1.54, 1.807) is 0 Å². The number of benzene rings is 2. The standard InChI is InChI=1S/C48H70O3/c1-37(2)25-35-50-43-19-13-11-17-41(43)47(29-21-39(22-30-47)45(5,6)7)27-15-33-49-34-16-28-48(31-23-40(24-32-48)46(8,9)10)42-18-12-14-20-44(42)51-36-26-38(3)4/h11-14,17-24,29,31,37-38H,15-16,25-28,30,32-36H2,1-10H3. The summed E-state index contributed by atoms with van der Waals surface area (Å²) >= 11 is 0. The lowest BCUT2D eigenvalue weighted by Gasteiger charge is -2.37. The summed E-state index contributed by atoms with van der Waals surface area (Å²) in [6, 6.07) is 17.4. The van der Waals surface area contributed by atoms with Crippen molar-refractivity contribution in [2.75, 3.05) is 26.4 Å². The van der Waals surface area contributed by atoms with Crippen LogP contribution in [0.5, 0.6) is 11.5 Å². The lowest BCUT2D eigenvalue weighted by molar-refractivity contribution is 0.119. The molecule has 0 saturated carbocycles. The maximum Gasteiger partial charge on any atom is 0.123 e. The second kappa shape index (κ2) is 18.1. The van der Waals surface area contributed by atoms with Gasteiger partial charge in [0, 0.05) is 35.2 Å². The summed E-state index contributed by atoms with van der Waals surface area (Å²) in [5.41, 5.74) is 5.50. The van der Waals surface area contributed by atoms with Gasteiger partial charge in [-0.15, -0.1) is 0 Å². The highest BCUT2D eigenvalue weighted by atomic mass is 16.5. The molecular formula is C48H70O3. The Bertz CT molecular complexity index is 1390. The van der Waals surface area contributed by atoms with E-state index in [1.807, 2.05) is 0 Å². The molecule has 3 nitrogen and oxygen atoms in total. The third kappa shape index (κ3) is 11.5. The van der Waals surface area contributed by atoms with Gasteiger partial charge in [-0.3, -0.25) is 0 Å². The first-order valence-corrected chi connectivity index (χ1v) is 20.0. The van der Waals surface area contributed by atoms with Crippen LogP contribution in [0.4, 0.5) is 0 Å². The molecule has 0 aliphatic heterocycles. The minimum Gasteiger partial charge on any atom is -0.493 e. The molecule has 2 aromatic carbocycles. The number of para-hydroxylation sites is 2. The van der Waals surface area contributed by atoms with Crippen LogP contribution in [0.1, 0.15) is 132 Å². The van der Waals surface area contributed by atoms with Gasteiger partial charge in [-0.05, 0) is 97.3 Å². The Kier molecular flexibility index (Phi) is 14.5. The normalized spacial score (nSPS) is 20.9. The second-order valence-electron chi connectivity index (χ2n) is 18.1. The fourth-order valence-electron chi connectivity index (χ4n) is 7.41. The maximum atomic E-state index is 6.44. The molecule has 4 rings (SSSR count). The summed E-state index contributed by atoms with van der Waals surface area (Å²) in [5.74, 6) is 3.29. The fraction of sp³-hybridized carbons (Fsp3) is 0.583. The number of allylic oxidation sites excluding steroid dienone is 8. The molecule has 2 atom stereocenters. The molecule has 0 heterocycles. The van der Waals surface area contributed by atoms with Crippen LogP contribution in [-0.4, -0.2) is 26.4 Å². The van der Waals surface area contributed by atoms with Crippen molar-refractivity contribution in [2.24, 2.45) is 22.7 Å². The van der Waals surface area contributed by atoms with Crippen molar-refractivity contribution >= 4 is 0 Å². The van der Waals surface area contributed by atoms with E-state index in [9.17, 15) is 0 Å². The SMILES string of the molecule is CC(C)CCOc1ccccc1C1(CCCOCCCC2(c3ccccc3OCCC(C)C)C=CC(C(C)(C)C)=CC2)C=CC(C(C)(C)C)=CC1. The maximum absolute atomic E-state index is 6.44. The van der Waals surface area contributed by atoms with Crippen LogP contribution in [0.25, 0.3) is 0 Å². The van der Waals surface area contributed by atoms with Crippen LogP contribution in [0, 0.1) is 22.7 Å². The van der Waals surface area contributed by atoms with E-state index in [0.29, 0.717) is 11.8 Å². The molecule has 51 heavy (non-hydrogen) atoms. The van der Waals surface area contributed by atoms with Crippen LogP contribution >= 0.6 is 0 Å². The van der Waals surface area contributed by atoms with E-state index in [4.69, 9.17) is 14.2 Å². The zero-order valence-electron chi connectivity index (χ0n) is 33.9. The third-order valence-electron chi connectivity index (χ3n) is 10.8.